The Labute approximate surface area is 251 Å². The van der Waals surface area contributed by atoms with Crippen molar-refractivity contribution in [2.75, 3.05) is 32.6 Å². The highest BCUT2D eigenvalue weighted by Crippen LogP contribution is 2.35. The Morgan fingerprint density at radius 1 is 1.05 bits per heavy atom. The van der Waals surface area contributed by atoms with Gasteiger partial charge in [-0.3, -0.25) is 19.1 Å². The molecule has 0 bridgehead atoms. The number of carbonyl (C=O) groups is 2. The molecule has 0 fully saturated rings. The maximum atomic E-state index is 14.2. The van der Waals surface area contributed by atoms with Gasteiger partial charge in [0.1, 0.15) is 11.7 Å². The molecular formula is C32H38FN7O3. The average Bonchev–Trinajstić information content (AvgIpc) is 3.35. The third kappa shape index (κ3) is 7.68. The molecule has 0 saturated heterocycles. The molecular weight excluding hydrogens is 549 g/mol. The molecule has 0 aliphatic carbocycles. The number of likely N-dealkylation sites (N-methyl/N-ethyl adjacent to an activating group) is 2. The lowest BCUT2D eigenvalue weighted by atomic mass is 10.0. The summed E-state index contributed by atoms with van der Waals surface area (Å²) in [5, 5.41) is 0.707. The van der Waals surface area contributed by atoms with Crippen molar-refractivity contribution in [3.8, 4) is 22.3 Å². The molecule has 4 heterocycles. The van der Waals surface area contributed by atoms with Crippen LogP contribution >= 0.6 is 0 Å². The number of nitrogens with two attached hydrogens (primary N) is 1. The predicted octanol–water partition coefficient (Wildman–Crippen LogP) is 4.82. The van der Waals surface area contributed by atoms with Crippen molar-refractivity contribution in [2.45, 2.75) is 39.5 Å². The maximum Gasteiger partial charge on any atom is 0.324 e. The van der Waals surface area contributed by atoms with E-state index >= 15 is 0 Å². The molecule has 4 aromatic rings. The topological polar surface area (TPSA) is 119 Å². The van der Waals surface area contributed by atoms with Gasteiger partial charge in [0.2, 0.25) is 11.9 Å². The van der Waals surface area contributed by atoms with Crippen LogP contribution < -0.4 is 10.6 Å². The van der Waals surface area contributed by atoms with Crippen LogP contribution in [-0.2, 0) is 14.3 Å². The van der Waals surface area contributed by atoms with Gasteiger partial charge in [-0.05, 0) is 57.1 Å². The van der Waals surface area contributed by atoms with E-state index in [2.05, 4.69) is 9.97 Å². The Balaban J connectivity index is 1.72. The summed E-state index contributed by atoms with van der Waals surface area (Å²) >= 11 is 0. The summed E-state index contributed by atoms with van der Waals surface area (Å²) in [5.74, 6) is -1.06. The van der Waals surface area contributed by atoms with Gasteiger partial charge in [-0.2, -0.15) is 4.39 Å². The molecule has 0 aromatic carbocycles. The number of nitrogens with zero attached hydrogens (tertiary/aromatic N) is 6. The second-order valence-corrected chi connectivity index (χ2v) is 11.2. The van der Waals surface area contributed by atoms with Crippen molar-refractivity contribution in [3.05, 3.63) is 73.3 Å². The zero-order valence-corrected chi connectivity index (χ0v) is 25.4. The van der Waals surface area contributed by atoms with Gasteiger partial charge < -0.3 is 20.3 Å². The van der Waals surface area contributed by atoms with Gasteiger partial charge in [0.15, 0.2) is 6.23 Å². The second kappa shape index (κ2) is 13.7. The minimum atomic E-state index is -0.745. The molecule has 10 nitrogen and oxygen atoms in total. The standard InChI is InChI=1S/C32H38FN7O3/c1-20(2)12-28(34)32(42)43-21(3)40-19-27(22-9-10-36-29(33)15-22)26-14-24(17-37-31(26)40)23-13-25(18-35-16-23)39(6)30(41)8-7-11-38(4)5/h7-10,13-21,28H,11-12,34H2,1-6H3/b8-7+. The summed E-state index contributed by atoms with van der Waals surface area (Å²) in [7, 11) is 5.55. The lowest BCUT2D eigenvalue weighted by Gasteiger charge is -2.19. The molecule has 0 aliphatic heterocycles. The third-order valence-electron chi connectivity index (χ3n) is 6.92. The van der Waals surface area contributed by atoms with Crippen LogP contribution in [0.5, 0.6) is 0 Å². The van der Waals surface area contributed by atoms with Gasteiger partial charge in [0.25, 0.3) is 0 Å². The van der Waals surface area contributed by atoms with E-state index < -0.39 is 24.2 Å². The normalized spacial score (nSPS) is 13.2. The Morgan fingerprint density at radius 2 is 1.79 bits per heavy atom. The van der Waals surface area contributed by atoms with Gasteiger partial charge in [0.05, 0.1) is 11.9 Å². The number of anilines is 1. The molecule has 0 aliphatic rings. The predicted molar refractivity (Wildman–Crippen MR) is 165 cm³/mol. The fourth-order valence-electron chi connectivity index (χ4n) is 4.66. The molecule has 2 N–H and O–H groups in total. The number of carbonyl (C=O) groups excluding carboxylic acids is 2. The smallest absolute Gasteiger partial charge is 0.324 e. The van der Waals surface area contributed by atoms with E-state index in [9.17, 15) is 14.0 Å². The summed E-state index contributed by atoms with van der Waals surface area (Å²) in [4.78, 5) is 41.7. The van der Waals surface area contributed by atoms with Crippen LogP contribution in [-0.4, -0.2) is 70.0 Å². The molecule has 0 spiro atoms. The molecule has 0 saturated carbocycles. The van der Waals surface area contributed by atoms with E-state index in [0.29, 0.717) is 40.8 Å². The number of halogens is 1. The molecule has 1 amide bonds. The van der Waals surface area contributed by atoms with Gasteiger partial charge in [-0.1, -0.05) is 19.9 Å². The minimum Gasteiger partial charge on any atom is -0.440 e. The summed E-state index contributed by atoms with van der Waals surface area (Å²) in [5.41, 5.74) is 9.96. The summed E-state index contributed by atoms with van der Waals surface area (Å²) in [6.45, 7) is 6.36. The number of rotatable bonds is 11. The number of hydrogen-bond donors (Lipinski definition) is 1. The highest BCUT2D eigenvalue weighted by Gasteiger charge is 2.23. The minimum absolute atomic E-state index is 0.176. The van der Waals surface area contributed by atoms with E-state index in [1.807, 2.05) is 45.0 Å². The van der Waals surface area contributed by atoms with Crippen LogP contribution in [0.15, 0.2) is 67.4 Å². The fraction of sp³-hybridized carbons (Fsp3) is 0.344. The Kier molecular flexibility index (Phi) is 9.99. The van der Waals surface area contributed by atoms with E-state index in [-0.39, 0.29) is 11.8 Å². The summed E-state index contributed by atoms with van der Waals surface area (Å²) < 4.78 is 21.6. The van der Waals surface area contributed by atoms with E-state index in [4.69, 9.17) is 15.5 Å². The first-order valence-electron chi connectivity index (χ1n) is 14.1. The van der Waals surface area contributed by atoms with Crippen LogP contribution in [0.4, 0.5) is 10.1 Å². The zero-order valence-electron chi connectivity index (χ0n) is 25.4. The van der Waals surface area contributed by atoms with Crippen LogP contribution in [0.2, 0.25) is 0 Å². The van der Waals surface area contributed by atoms with E-state index in [0.717, 1.165) is 11.1 Å². The van der Waals surface area contributed by atoms with Crippen LogP contribution in [0, 0.1) is 11.9 Å². The van der Waals surface area contributed by atoms with Gasteiger partial charge in [-0.15, -0.1) is 0 Å². The lowest BCUT2D eigenvalue weighted by molar-refractivity contribution is -0.154. The summed E-state index contributed by atoms with van der Waals surface area (Å²) in [6.07, 6.45) is 11.3. The second-order valence-electron chi connectivity index (χ2n) is 11.2. The van der Waals surface area contributed by atoms with Gasteiger partial charge in [0, 0.05) is 72.6 Å². The number of fused-ring (bicyclic) bond motifs is 1. The van der Waals surface area contributed by atoms with Crippen molar-refractivity contribution in [2.24, 2.45) is 11.7 Å². The lowest BCUT2D eigenvalue weighted by Crippen LogP contribution is -2.34. The molecule has 2 unspecified atom stereocenters. The molecule has 0 radical (unpaired) electrons. The first-order valence-corrected chi connectivity index (χ1v) is 14.1. The highest BCUT2D eigenvalue weighted by molar-refractivity contribution is 6.01. The van der Waals surface area contributed by atoms with Gasteiger partial charge in [-0.25, -0.2) is 9.97 Å². The Bertz CT molecular complexity index is 1630. The number of aromatic nitrogens is 4. The van der Waals surface area contributed by atoms with Crippen molar-refractivity contribution < 1.29 is 18.7 Å². The molecule has 4 aromatic heterocycles. The first-order chi connectivity index (χ1) is 20.4. The Hall–Kier alpha value is -4.48. The van der Waals surface area contributed by atoms with Gasteiger partial charge >= 0.3 is 5.97 Å². The van der Waals surface area contributed by atoms with Crippen molar-refractivity contribution in [1.29, 1.82) is 0 Å². The van der Waals surface area contributed by atoms with Crippen molar-refractivity contribution in [3.63, 3.8) is 0 Å². The highest BCUT2D eigenvalue weighted by atomic mass is 19.1. The molecule has 226 valence electrons. The SMILES string of the molecule is CC(C)CC(N)C(=O)OC(C)n1cc(-c2ccnc(F)c2)c2cc(-c3cncc(N(C)C(=O)/C=C/CN(C)C)c3)cnc21. The van der Waals surface area contributed by atoms with Crippen molar-refractivity contribution >= 4 is 28.6 Å². The Morgan fingerprint density at radius 3 is 2.49 bits per heavy atom. The zero-order chi connectivity index (χ0) is 31.3. The molecule has 11 heteroatoms. The molecule has 2 atom stereocenters. The fourth-order valence-corrected chi connectivity index (χ4v) is 4.66. The maximum absolute atomic E-state index is 14.2. The third-order valence-corrected chi connectivity index (χ3v) is 6.92. The van der Waals surface area contributed by atoms with E-state index in [1.165, 1.54) is 23.2 Å². The number of esters is 1. The average molecular weight is 588 g/mol. The largest absolute Gasteiger partial charge is 0.440 e. The molecule has 43 heavy (non-hydrogen) atoms. The van der Waals surface area contributed by atoms with E-state index in [1.54, 1.807) is 55.5 Å². The van der Waals surface area contributed by atoms with Crippen LogP contribution in [0.3, 0.4) is 0 Å². The monoisotopic (exact) mass is 587 g/mol. The van der Waals surface area contributed by atoms with Crippen molar-refractivity contribution in [1.82, 2.24) is 24.4 Å². The summed E-state index contributed by atoms with van der Waals surface area (Å²) in [6, 6.07) is 6.08. The number of ether oxygens (including phenoxy) is 1. The van der Waals surface area contributed by atoms with Crippen LogP contribution in [0.1, 0.15) is 33.4 Å². The number of amides is 1. The first kappa shape index (κ1) is 31.5. The van der Waals surface area contributed by atoms with Crippen LogP contribution in [0.25, 0.3) is 33.3 Å². The molecule has 4 rings (SSSR count). The number of pyridine rings is 3. The quantitative estimate of drug-likeness (QED) is 0.151. The number of hydrogen-bond acceptors (Lipinski definition) is 8.